The molecule has 0 saturated carbocycles. The first-order valence-corrected chi connectivity index (χ1v) is 14.1. The van der Waals surface area contributed by atoms with E-state index in [0.29, 0.717) is 53.1 Å². The maximum atomic E-state index is 13.5. The van der Waals surface area contributed by atoms with Gasteiger partial charge in [0, 0.05) is 41.6 Å². The molecule has 1 saturated heterocycles. The quantitative estimate of drug-likeness (QED) is 0.197. The summed E-state index contributed by atoms with van der Waals surface area (Å²) >= 11 is 12.2. The Morgan fingerprint density at radius 1 is 1.00 bits per heavy atom. The molecule has 9 nitrogen and oxygen atoms in total. The predicted molar refractivity (Wildman–Crippen MR) is 159 cm³/mol. The van der Waals surface area contributed by atoms with Crippen molar-refractivity contribution in [3.8, 4) is 5.82 Å². The van der Waals surface area contributed by atoms with E-state index < -0.39 is 6.04 Å². The second-order valence-corrected chi connectivity index (χ2v) is 10.7. The van der Waals surface area contributed by atoms with Gasteiger partial charge in [0.2, 0.25) is 11.9 Å². The van der Waals surface area contributed by atoms with Gasteiger partial charge in [-0.2, -0.15) is 9.97 Å². The molecule has 11 heteroatoms. The van der Waals surface area contributed by atoms with E-state index in [-0.39, 0.29) is 5.91 Å². The molecule has 1 atom stereocenters. The van der Waals surface area contributed by atoms with Crippen molar-refractivity contribution in [2.75, 3.05) is 23.7 Å². The highest BCUT2D eigenvalue weighted by Gasteiger charge is 2.25. The van der Waals surface area contributed by atoms with Crippen LogP contribution in [0, 0.1) is 5.92 Å². The summed E-state index contributed by atoms with van der Waals surface area (Å²) in [5.41, 5.74) is 1.99. The van der Waals surface area contributed by atoms with Crippen molar-refractivity contribution in [1.82, 2.24) is 30.2 Å². The van der Waals surface area contributed by atoms with Gasteiger partial charge in [0.25, 0.3) is 0 Å². The lowest BCUT2D eigenvalue weighted by molar-refractivity contribution is -0.122. The monoisotopic (exact) mass is 578 g/mol. The predicted octanol–water partition coefficient (Wildman–Crippen LogP) is 5.07. The van der Waals surface area contributed by atoms with Crippen LogP contribution in [0.4, 0.5) is 11.8 Å². The van der Waals surface area contributed by atoms with Gasteiger partial charge >= 0.3 is 0 Å². The lowest BCUT2D eigenvalue weighted by Gasteiger charge is -2.27. The lowest BCUT2D eigenvalue weighted by atomic mass is 9.90. The molecule has 0 spiro atoms. The Balaban J connectivity index is 1.36. The third-order valence-electron chi connectivity index (χ3n) is 6.87. The molecule has 1 fully saturated rings. The first-order chi connectivity index (χ1) is 19.5. The minimum absolute atomic E-state index is 0.0790. The fraction of sp³-hybridized carbons (Fsp3) is 0.310. The van der Waals surface area contributed by atoms with Gasteiger partial charge in [0.05, 0.1) is 0 Å². The average molecular weight is 580 g/mol. The summed E-state index contributed by atoms with van der Waals surface area (Å²) in [7, 11) is 0. The zero-order valence-corrected chi connectivity index (χ0v) is 23.5. The molecule has 4 N–H and O–H groups in total. The van der Waals surface area contributed by atoms with Crippen LogP contribution in [0.25, 0.3) is 5.82 Å². The third-order valence-corrected chi connectivity index (χ3v) is 7.35. The number of carbonyl (C=O) groups excluding carboxylic acids is 1. The van der Waals surface area contributed by atoms with Gasteiger partial charge in [-0.25, -0.2) is 4.98 Å². The van der Waals surface area contributed by atoms with Crippen LogP contribution in [0.1, 0.15) is 30.4 Å². The second kappa shape index (κ2) is 13.6. The Kier molecular flexibility index (Phi) is 9.49. The molecule has 1 aliphatic rings. The SMILES string of the molecule is O=C(NCc1ccc(Cl)cc1)C(CC1CCNCC1)Nc1cc(-n2ccnc2)nc(NCc2cccc(Cl)c2)n1. The number of halogens is 2. The molecule has 3 heterocycles. The number of rotatable bonds is 11. The number of nitrogens with one attached hydrogen (secondary N) is 4. The van der Waals surface area contributed by atoms with Gasteiger partial charge in [-0.15, -0.1) is 0 Å². The molecule has 0 aliphatic carbocycles. The Bertz CT molecular complexity index is 1390. The largest absolute Gasteiger partial charge is 0.358 e. The summed E-state index contributed by atoms with van der Waals surface area (Å²) in [5, 5.41) is 14.5. The molecule has 208 valence electrons. The number of piperidine rings is 1. The minimum Gasteiger partial charge on any atom is -0.358 e. The highest BCUT2D eigenvalue weighted by atomic mass is 35.5. The molecule has 2 aromatic heterocycles. The molecule has 0 radical (unpaired) electrons. The van der Waals surface area contributed by atoms with Crippen LogP contribution in [0.15, 0.2) is 73.3 Å². The molecule has 1 unspecified atom stereocenters. The van der Waals surface area contributed by atoms with Gasteiger partial charge in [0.15, 0.2) is 0 Å². The van der Waals surface area contributed by atoms with Crippen LogP contribution < -0.4 is 21.3 Å². The number of benzene rings is 2. The van der Waals surface area contributed by atoms with Crippen molar-refractivity contribution in [3.05, 3.63) is 94.5 Å². The van der Waals surface area contributed by atoms with Crippen LogP contribution in [0.3, 0.4) is 0 Å². The lowest BCUT2D eigenvalue weighted by Crippen LogP contribution is -2.42. The summed E-state index contributed by atoms with van der Waals surface area (Å²) in [6, 6.07) is 16.5. The molecule has 1 amide bonds. The molecule has 0 bridgehead atoms. The maximum Gasteiger partial charge on any atom is 0.242 e. The van der Waals surface area contributed by atoms with E-state index in [1.807, 2.05) is 60.8 Å². The minimum atomic E-state index is -0.471. The summed E-state index contributed by atoms with van der Waals surface area (Å²) in [4.78, 5) is 27.0. The first kappa shape index (κ1) is 27.9. The number of hydrogen-bond donors (Lipinski definition) is 4. The van der Waals surface area contributed by atoms with Crippen LogP contribution >= 0.6 is 23.2 Å². The van der Waals surface area contributed by atoms with Crippen molar-refractivity contribution >= 4 is 40.9 Å². The van der Waals surface area contributed by atoms with E-state index in [0.717, 1.165) is 37.1 Å². The summed E-state index contributed by atoms with van der Waals surface area (Å²) < 4.78 is 1.81. The fourth-order valence-corrected chi connectivity index (χ4v) is 5.06. The van der Waals surface area contributed by atoms with E-state index in [4.69, 9.17) is 28.2 Å². The zero-order valence-electron chi connectivity index (χ0n) is 22.0. The second-order valence-electron chi connectivity index (χ2n) is 9.86. The zero-order chi connectivity index (χ0) is 27.7. The van der Waals surface area contributed by atoms with E-state index >= 15 is 0 Å². The summed E-state index contributed by atoms with van der Waals surface area (Å²) in [6.45, 7) is 2.82. The standard InChI is InChI=1S/C29H32Cl2N8O/c30-23-6-4-21(5-7-23)17-34-28(40)25(15-20-8-10-32-11-9-20)36-26-16-27(39-13-12-33-19-39)38-29(37-26)35-18-22-2-1-3-24(31)14-22/h1-7,12-14,16,19-20,25,32H,8-11,15,17-18H2,(H,34,40)(H2,35,36,37,38). The Labute approximate surface area is 243 Å². The number of nitrogens with zero attached hydrogens (tertiary/aromatic N) is 4. The molecule has 2 aromatic carbocycles. The van der Waals surface area contributed by atoms with Gasteiger partial charge < -0.3 is 21.3 Å². The number of anilines is 2. The van der Waals surface area contributed by atoms with Crippen molar-refractivity contribution in [1.29, 1.82) is 0 Å². The van der Waals surface area contributed by atoms with Gasteiger partial charge in [-0.05, 0) is 73.7 Å². The fourth-order valence-electron chi connectivity index (χ4n) is 4.72. The highest BCUT2D eigenvalue weighted by molar-refractivity contribution is 6.30. The molecule has 40 heavy (non-hydrogen) atoms. The number of carbonyl (C=O) groups is 1. The Morgan fingerprint density at radius 2 is 1.82 bits per heavy atom. The van der Waals surface area contributed by atoms with E-state index in [9.17, 15) is 4.79 Å². The van der Waals surface area contributed by atoms with E-state index in [1.165, 1.54) is 0 Å². The molecular weight excluding hydrogens is 547 g/mol. The number of hydrogen-bond acceptors (Lipinski definition) is 7. The molecule has 4 aromatic rings. The Morgan fingerprint density at radius 3 is 2.58 bits per heavy atom. The molecule has 5 rings (SSSR count). The van der Waals surface area contributed by atoms with Crippen molar-refractivity contribution in [2.24, 2.45) is 5.92 Å². The third kappa shape index (κ3) is 7.94. The van der Waals surface area contributed by atoms with Crippen LogP contribution in [-0.2, 0) is 17.9 Å². The Hall–Kier alpha value is -3.66. The normalized spacial score (nSPS) is 14.4. The smallest absolute Gasteiger partial charge is 0.242 e. The number of imidazole rings is 1. The van der Waals surface area contributed by atoms with Crippen molar-refractivity contribution in [2.45, 2.75) is 38.4 Å². The van der Waals surface area contributed by atoms with E-state index in [1.54, 1.807) is 17.1 Å². The van der Waals surface area contributed by atoms with Gasteiger partial charge in [-0.3, -0.25) is 9.36 Å². The highest BCUT2D eigenvalue weighted by Crippen LogP contribution is 2.22. The van der Waals surface area contributed by atoms with Crippen molar-refractivity contribution in [3.63, 3.8) is 0 Å². The average Bonchev–Trinajstić information content (AvgIpc) is 3.51. The van der Waals surface area contributed by atoms with Gasteiger partial charge in [0.1, 0.15) is 24.0 Å². The van der Waals surface area contributed by atoms with Crippen LogP contribution in [0.2, 0.25) is 10.0 Å². The van der Waals surface area contributed by atoms with Crippen LogP contribution in [0.5, 0.6) is 0 Å². The molecule has 1 aliphatic heterocycles. The topological polar surface area (TPSA) is 109 Å². The van der Waals surface area contributed by atoms with Gasteiger partial charge in [-0.1, -0.05) is 47.5 Å². The number of aromatic nitrogens is 4. The van der Waals surface area contributed by atoms with Crippen molar-refractivity contribution < 1.29 is 4.79 Å². The summed E-state index contributed by atoms with van der Waals surface area (Å²) in [5.74, 6) is 1.95. The maximum absolute atomic E-state index is 13.5. The van der Waals surface area contributed by atoms with E-state index in [2.05, 4.69) is 31.2 Å². The molecular formula is C29H32Cl2N8O. The summed E-state index contributed by atoms with van der Waals surface area (Å²) in [6.07, 6.45) is 7.94. The number of amides is 1. The first-order valence-electron chi connectivity index (χ1n) is 13.4. The van der Waals surface area contributed by atoms with Crippen LogP contribution in [-0.4, -0.2) is 44.6 Å².